The van der Waals surface area contributed by atoms with Gasteiger partial charge in [0.1, 0.15) is 0 Å². The third-order valence-electron chi connectivity index (χ3n) is 6.10. The summed E-state index contributed by atoms with van der Waals surface area (Å²) in [5.74, 6) is 2.71. The van der Waals surface area contributed by atoms with E-state index in [1.807, 2.05) is 0 Å². The van der Waals surface area contributed by atoms with Crippen LogP contribution in [0, 0.1) is 17.8 Å². The van der Waals surface area contributed by atoms with Crippen LogP contribution in [-0.4, -0.2) is 30.6 Å². The third kappa shape index (κ3) is 3.52. The molecule has 2 rings (SSSR count). The SMILES string of the molecule is CC(C)C1CCC(CN)(N(C)CC2CCCC2)CC1. The van der Waals surface area contributed by atoms with E-state index in [-0.39, 0.29) is 0 Å². The van der Waals surface area contributed by atoms with E-state index in [2.05, 4.69) is 25.8 Å². The van der Waals surface area contributed by atoms with Gasteiger partial charge >= 0.3 is 0 Å². The molecular formula is C17H34N2. The van der Waals surface area contributed by atoms with Crippen LogP contribution in [-0.2, 0) is 0 Å². The molecule has 0 aliphatic heterocycles. The van der Waals surface area contributed by atoms with E-state index in [0.717, 1.165) is 24.3 Å². The Kier molecular flexibility index (Phi) is 5.30. The monoisotopic (exact) mass is 266 g/mol. The van der Waals surface area contributed by atoms with Crippen LogP contribution in [0.3, 0.4) is 0 Å². The first-order valence-corrected chi connectivity index (χ1v) is 8.49. The van der Waals surface area contributed by atoms with Crippen LogP contribution in [0.15, 0.2) is 0 Å². The average molecular weight is 266 g/mol. The zero-order valence-electron chi connectivity index (χ0n) is 13.3. The summed E-state index contributed by atoms with van der Waals surface area (Å²) in [5, 5.41) is 0. The summed E-state index contributed by atoms with van der Waals surface area (Å²) in [6, 6.07) is 0. The molecule has 0 saturated heterocycles. The zero-order chi connectivity index (χ0) is 13.9. The van der Waals surface area contributed by atoms with Gasteiger partial charge in [0, 0.05) is 18.6 Å². The number of hydrogen-bond donors (Lipinski definition) is 1. The van der Waals surface area contributed by atoms with E-state index in [1.54, 1.807) is 0 Å². The summed E-state index contributed by atoms with van der Waals surface area (Å²) in [7, 11) is 2.33. The minimum absolute atomic E-state index is 0.313. The quantitative estimate of drug-likeness (QED) is 0.823. The molecule has 2 aliphatic carbocycles. The van der Waals surface area contributed by atoms with Crippen LogP contribution in [0.4, 0.5) is 0 Å². The van der Waals surface area contributed by atoms with Crippen LogP contribution >= 0.6 is 0 Å². The molecular weight excluding hydrogens is 232 g/mol. The lowest BCUT2D eigenvalue weighted by molar-refractivity contribution is 0.0445. The third-order valence-corrected chi connectivity index (χ3v) is 6.10. The standard InChI is InChI=1S/C17H34N2/c1-14(2)16-8-10-17(13-18,11-9-16)19(3)12-15-6-4-5-7-15/h14-16H,4-13,18H2,1-3H3. The molecule has 0 bridgehead atoms. The number of nitrogens with zero attached hydrogens (tertiary/aromatic N) is 1. The fourth-order valence-electron chi connectivity index (χ4n) is 4.36. The van der Waals surface area contributed by atoms with Gasteiger partial charge in [-0.1, -0.05) is 26.7 Å². The Morgan fingerprint density at radius 2 is 1.68 bits per heavy atom. The Balaban J connectivity index is 1.90. The first-order chi connectivity index (χ1) is 9.07. The zero-order valence-corrected chi connectivity index (χ0v) is 13.3. The lowest BCUT2D eigenvalue weighted by atomic mass is 9.72. The summed E-state index contributed by atoms with van der Waals surface area (Å²) in [6.07, 6.45) is 11.2. The summed E-state index contributed by atoms with van der Waals surface area (Å²) in [6.45, 7) is 6.88. The molecule has 2 nitrogen and oxygen atoms in total. The van der Waals surface area contributed by atoms with Gasteiger partial charge in [0.25, 0.3) is 0 Å². The van der Waals surface area contributed by atoms with Crippen LogP contribution in [0.2, 0.25) is 0 Å². The van der Waals surface area contributed by atoms with Crippen molar-refractivity contribution in [2.45, 2.75) is 70.8 Å². The Morgan fingerprint density at radius 1 is 1.11 bits per heavy atom. The molecule has 0 aromatic rings. The van der Waals surface area contributed by atoms with Crippen LogP contribution < -0.4 is 5.73 Å². The Morgan fingerprint density at radius 3 is 2.16 bits per heavy atom. The Hall–Kier alpha value is -0.0800. The molecule has 2 fully saturated rings. The molecule has 2 aliphatic rings. The summed E-state index contributed by atoms with van der Waals surface area (Å²) in [4.78, 5) is 2.64. The first kappa shape index (κ1) is 15.3. The second-order valence-corrected chi connectivity index (χ2v) is 7.54. The molecule has 2 N–H and O–H groups in total. The van der Waals surface area contributed by atoms with E-state index < -0.39 is 0 Å². The van der Waals surface area contributed by atoms with E-state index in [9.17, 15) is 0 Å². The number of hydrogen-bond acceptors (Lipinski definition) is 2. The first-order valence-electron chi connectivity index (χ1n) is 8.49. The molecule has 0 heterocycles. The maximum atomic E-state index is 6.19. The lowest BCUT2D eigenvalue weighted by Gasteiger charge is -2.47. The second-order valence-electron chi connectivity index (χ2n) is 7.54. The van der Waals surface area contributed by atoms with Gasteiger partial charge in [-0.25, -0.2) is 0 Å². The molecule has 0 aromatic carbocycles. The van der Waals surface area contributed by atoms with Gasteiger partial charge in [0.05, 0.1) is 0 Å². The highest BCUT2D eigenvalue weighted by Gasteiger charge is 2.38. The summed E-state index contributed by atoms with van der Waals surface area (Å²) >= 11 is 0. The smallest absolute Gasteiger partial charge is 0.0329 e. The van der Waals surface area contributed by atoms with Gasteiger partial charge in [-0.3, -0.25) is 4.90 Å². The van der Waals surface area contributed by atoms with Crippen molar-refractivity contribution < 1.29 is 0 Å². The Bertz CT molecular complexity index is 260. The predicted molar refractivity (Wildman–Crippen MR) is 83.2 cm³/mol. The van der Waals surface area contributed by atoms with E-state index in [4.69, 9.17) is 5.73 Å². The van der Waals surface area contributed by atoms with Crippen LogP contribution in [0.25, 0.3) is 0 Å². The van der Waals surface area contributed by atoms with E-state index in [0.29, 0.717) is 5.54 Å². The number of likely N-dealkylation sites (N-methyl/N-ethyl adjacent to an activating group) is 1. The van der Waals surface area contributed by atoms with Gasteiger partial charge in [-0.2, -0.15) is 0 Å². The summed E-state index contributed by atoms with van der Waals surface area (Å²) < 4.78 is 0. The fourth-order valence-corrected chi connectivity index (χ4v) is 4.36. The second kappa shape index (κ2) is 6.58. The number of rotatable bonds is 5. The Labute approximate surface area is 120 Å². The topological polar surface area (TPSA) is 29.3 Å². The minimum Gasteiger partial charge on any atom is -0.329 e. The van der Waals surface area contributed by atoms with Crippen LogP contribution in [0.1, 0.15) is 65.2 Å². The molecule has 112 valence electrons. The minimum atomic E-state index is 0.313. The van der Waals surface area contributed by atoms with E-state index in [1.165, 1.54) is 57.9 Å². The molecule has 0 amide bonds. The van der Waals surface area contributed by atoms with Crippen LogP contribution in [0.5, 0.6) is 0 Å². The molecule has 0 radical (unpaired) electrons. The highest BCUT2D eigenvalue weighted by atomic mass is 15.2. The molecule has 0 atom stereocenters. The van der Waals surface area contributed by atoms with Crippen molar-refractivity contribution in [2.75, 3.05) is 20.1 Å². The molecule has 0 spiro atoms. The molecule has 0 aromatic heterocycles. The largest absolute Gasteiger partial charge is 0.329 e. The van der Waals surface area contributed by atoms with Crippen molar-refractivity contribution in [1.29, 1.82) is 0 Å². The highest BCUT2D eigenvalue weighted by Crippen LogP contribution is 2.39. The normalized spacial score (nSPS) is 33.5. The summed E-state index contributed by atoms with van der Waals surface area (Å²) in [5.41, 5.74) is 6.51. The van der Waals surface area contributed by atoms with Crippen molar-refractivity contribution in [3.05, 3.63) is 0 Å². The van der Waals surface area contributed by atoms with Crippen molar-refractivity contribution in [3.63, 3.8) is 0 Å². The highest BCUT2D eigenvalue weighted by molar-refractivity contribution is 4.96. The molecule has 2 saturated carbocycles. The van der Waals surface area contributed by atoms with Gasteiger partial charge in [-0.05, 0) is 63.3 Å². The van der Waals surface area contributed by atoms with Crippen molar-refractivity contribution >= 4 is 0 Å². The number of nitrogens with two attached hydrogens (primary N) is 1. The van der Waals surface area contributed by atoms with Gasteiger partial charge < -0.3 is 5.73 Å². The maximum absolute atomic E-state index is 6.19. The lowest BCUT2D eigenvalue weighted by Crippen LogP contribution is -2.55. The van der Waals surface area contributed by atoms with Crippen molar-refractivity contribution in [2.24, 2.45) is 23.5 Å². The van der Waals surface area contributed by atoms with Crippen molar-refractivity contribution in [1.82, 2.24) is 4.90 Å². The van der Waals surface area contributed by atoms with E-state index >= 15 is 0 Å². The molecule has 0 unspecified atom stereocenters. The van der Waals surface area contributed by atoms with Gasteiger partial charge in [0.15, 0.2) is 0 Å². The average Bonchev–Trinajstić information content (AvgIpc) is 2.91. The fraction of sp³-hybridized carbons (Fsp3) is 1.00. The molecule has 2 heteroatoms. The maximum Gasteiger partial charge on any atom is 0.0329 e. The van der Waals surface area contributed by atoms with Crippen molar-refractivity contribution in [3.8, 4) is 0 Å². The predicted octanol–water partition coefficient (Wildman–Crippen LogP) is 3.65. The molecule has 19 heavy (non-hydrogen) atoms. The van der Waals surface area contributed by atoms with Gasteiger partial charge in [-0.15, -0.1) is 0 Å². The van der Waals surface area contributed by atoms with Gasteiger partial charge in [0.2, 0.25) is 0 Å².